The molecule has 0 aromatic carbocycles. The maximum atomic E-state index is 5.99. The summed E-state index contributed by atoms with van der Waals surface area (Å²) < 4.78 is 11.5. The lowest BCUT2D eigenvalue weighted by Crippen LogP contribution is -2.49. The average molecular weight is 364 g/mol. The Kier molecular flexibility index (Phi) is 9.13. The maximum Gasteiger partial charge on any atom is 0.161 e. The number of hydrogen-bond acceptors (Lipinski definition) is 5. The van der Waals surface area contributed by atoms with Crippen molar-refractivity contribution in [2.24, 2.45) is 0 Å². The van der Waals surface area contributed by atoms with E-state index in [-0.39, 0.29) is 6.04 Å². The van der Waals surface area contributed by atoms with Crippen molar-refractivity contribution in [2.75, 3.05) is 47.0 Å². The van der Waals surface area contributed by atoms with E-state index in [1.54, 1.807) is 13.2 Å². The summed E-state index contributed by atoms with van der Waals surface area (Å²) in [6.45, 7) is 20.7. The molecule has 1 aliphatic heterocycles. The van der Waals surface area contributed by atoms with Gasteiger partial charge in [0.15, 0.2) is 5.72 Å². The van der Waals surface area contributed by atoms with Gasteiger partial charge in [0, 0.05) is 51.7 Å². The molecule has 1 aliphatic rings. The van der Waals surface area contributed by atoms with Gasteiger partial charge in [0.2, 0.25) is 0 Å². The first-order chi connectivity index (χ1) is 12.4. The lowest BCUT2D eigenvalue weighted by Gasteiger charge is -2.44. The molecule has 0 radical (unpaired) electrons. The van der Waals surface area contributed by atoms with Gasteiger partial charge in [-0.2, -0.15) is 0 Å². The molecule has 1 rings (SSSR count). The van der Waals surface area contributed by atoms with Crippen LogP contribution in [-0.2, 0) is 9.47 Å². The number of hydrogen-bond donors (Lipinski definition) is 0. The smallest absolute Gasteiger partial charge is 0.161 e. The minimum Gasteiger partial charge on any atom is -0.379 e. The molecule has 148 valence electrons. The van der Waals surface area contributed by atoms with Crippen molar-refractivity contribution in [2.45, 2.75) is 39.5 Å². The van der Waals surface area contributed by atoms with Gasteiger partial charge in [0.25, 0.3) is 0 Å². The van der Waals surface area contributed by atoms with Crippen molar-refractivity contribution in [1.82, 2.24) is 14.7 Å². The monoisotopic (exact) mass is 363 g/mol. The largest absolute Gasteiger partial charge is 0.379 e. The topological polar surface area (TPSA) is 28.2 Å². The minimum absolute atomic E-state index is 0.239. The van der Waals surface area contributed by atoms with Crippen molar-refractivity contribution >= 4 is 0 Å². The third-order valence-electron chi connectivity index (χ3n) is 5.46. The molecule has 26 heavy (non-hydrogen) atoms. The highest BCUT2D eigenvalue weighted by atomic mass is 16.5. The van der Waals surface area contributed by atoms with Gasteiger partial charge < -0.3 is 19.3 Å². The summed E-state index contributed by atoms with van der Waals surface area (Å²) >= 11 is 0. The quantitative estimate of drug-likeness (QED) is 0.438. The van der Waals surface area contributed by atoms with Crippen molar-refractivity contribution in [3.63, 3.8) is 0 Å². The second-order valence-corrected chi connectivity index (χ2v) is 6.68. The number of nitrogens with zero attached hydrogens (tertiary/aromatic N) is 3. The number of likely N-dealkylation sites (N-methyl/N-ethyl adjacent to an activating group) is 2. The van der Waals surface area contributed by atoms with Crippen LogP contribution < -0.4 is 0 Å². The lowest BCUT2D eigenvalue weighted by atomic mass is 9.97. The highest BCUT2D eigenvalue weighted by Gasteiger charge is 2.35. The third-order valence-corrected chi connectivity index (χ3v) is 5.46. The highest BCUT2D eigenvalue weighted by molar-refractivity contribution is 5.27. The summed E-state index contributed by atoms with van der Waals surface area (Å²) in [7, 11) is 3.77. The molecule has 1 saturated heterocycles. The fraction of sp³-hybridized carbons (Fsp3) is 0.619. The predicted molar refractivity (Wildman–Crippen MR) is 110 cm³/mol. The van der Waals surface area contributed by atoms with E-state index in [0.29, 0.717) is 0 Å². The van der Waals surface area contributed by atoms with Gasteiger partial charge in [-0.25, -0.2) is 0 Å². The van der Waals surface area contributed by atoms with Crippen LogP contribution in [0, 0.1) is 0 Å². The molecule has 0 amide bonds. The van der Waals surface area contributed by atoms with E-state index in [1.807, 2.05) is 25.5 Å². The van der Waals surface area contributed by atoms with Crippen LogP contribution in [0.4, 0.5) is 0 Å². The van der Waals surface area contributed by atoms with Crippen LogP contribution in [0.2, 0.25) is 0 Å². The number of allylic oxidation sites excluding steroid dienone is 2. The Morgan fingerprint density at radius 2 is 1.96 bits per heavy atom. The van der Waals surface area contributed by atoms with Gasteiger partial charge in [-0.05, 0) is 45.5 Å². The van der Waals surface area contributed by atoms with Crippen molar-refractivity contribution < 1.29 is 9.47 Å². The summed E-state index contributed by atoms with van der Waals surface area (Å²) in [5.74, 6) is 0. The van der Waals surface area contributed by atoms with Gasteiger partial charge in [0.05, 0.1) is 13.2 Å². The van der Waals surface area contributed by atoms with Gasteiger partial charge >= 0.3 is 0 Å². The molecule has 5 nitrogen and oxygen atoms in total. The number of ether oxygens (including phenoxy) is 2. The van der Waals surface area contributed by atoms with Crippen LogP contribution in [0.1, 0.15) is 27.7 Å². The van der Waals surface area contributed by atoms with Crippen LogP contribution in [0.25, 0.3) is 0 Å². The Morgan fingerprint density at radius 1 is 1.35 bits per heavy atom. The molecule has 0 aromatic rings. The lowest BCUT2D eigenvalue weighted by molar-refractivity contribution is -0.0608. The van der Waals surface area contributed by atoms with Gasteiger partial charge in [-0.15, -0.1) is 0 Å². The molecule has 1 fully saturated rings. The van der Waals surface area contributed by atoms with Crippen LogP contribution in [0.5, 0.6) is 0 Å². The first kappa shape index (κ1) is 22.5. The fourth-order valence-electron chi connectivity index (χ4n) is 3.44. The van der Waals surface area contributed by atoms with Crippen molar-refractivity contribution in [1.29, 1.82) is 0 Å². The minimum atomic E-state index is -0.578. The predicted octanol–water partition coefficient (Wildman–Crippen LogP) is 3.44. The van der Waals surface area contributed by atoms with Gasteiger partial charge in [0.1, 0.15) is 0 Å². The Balaban J connectivity index is 3.40. The zero-order valence-electron chi connectivity index (χ0n) is 17.5. The molecule has 0 aromatic heterocycles. The van der Waals surface area contributed by atoms with E-state index < -0.39 is 5.72 Å². The van der Waals surface area contributed by atoms with Crippen LogP contribution >= 0.6 is 0 Å². The van der Waals surface area contributed by atoms with E-state index in [2.05, 4.69) is 55.6 Å². The van der Waals surface area contributed by atoms with E-state index in [9.17, 15) is 0 Å². The van der Waals surface area contributed by atoms with Crippen molar-refractivity contribution in [3.05, 3.63) is 49.0 Å². The SMILES string of the molecule is C=C/C=C\N(C)C(C)(OC)/C(C)=C(/C(C)N1CCOCC1)N(C=C)CC. The first-order valence-electron chi connectivity index (χ1n) is 9.36. The summed E-state index contributed by atoms with van der Waals surface area (Å²) in [5, 5.41) is 0. The van der Waals surface area contributed by atoms with Gasteiger partial charge in [-0.3, -0.25) is 4.90 Å². The second kappa shape index (κ2) is 10.6. The highest BCUT2D eigenvalue weighted by Crippen LogP contribution is 2.31. The maximum absolute atomic E-state index is 5.99. The zero-order valence-corrected chi connectivity index (χ0v) is 17.5. The standard InChI is InChI=1S/C21H37N3O2/c1-9-12-13-22(7)21(6,25-8)18(4)20(23(10-2)11-3)19(5)24-14-16-26-17-15-24/h9-10,12-13,19H,1-2,11,14-17H2,3-8H3/b13-12-,20-18-. The zero-order chi connectivity index (χ0) is 19.7. The Hall–Kier alpha value is -1.56. The number of morpholine rings is 1. The number of rotatable bonds is 10. The molecule has 2 atom stereocenters. The van der Waals surface area contributed by atoms with Crippen LogP contribution in [0.15, 0.2) is 49.0 Å². The first-order valence-corrected chi connectivity index (χ1v) is 9.36. The molecule has 0 N–H and O–H groups in total. The molecule has 0 aliphatic carbocycles. The number of methoxy groups -OCH3 is 1. The molecule has 0 saturated carbocycles. The average Bonchev–Trinajstić information content (AvgIpc) is 2.68. The molecular formula is C21H37N3O2. The molecule has 0 bridgehead atoms. The molecule has 0 spiro atoms. The van der Waals surface area contributed by atoms with E-state index in [0.717, 1.165) is 38.4 Å². The van der Waals surface area contributed by atoms with E-state index in [1.165, 1.54) is 5.70 Å². The van der Waals surface area contributed by atoms with E-state index >= 15 is 0 Å². The Morgan fingerprint density at radius 3 is 2.42 bits per heavy atom. The van der Waals surface area contributed by atoms with Crippen LogP contribution in [0.3, 0.4) is 0 Å². The van der Waals surface area contributed by atoms with Crippen LogP contribution in [-0.4, -0.2) is 73.5 Å². The molecule has 1 heterocycles. The normalized spacial score (nSPS) is 20.2. The summed E-state index contributed by atoms with van der Waals surface area (Å²) in [5.41, 5.74) is 1.82. The third kappa shape index (κ3) is 5.00. The molecule has 2 unspecified atom stereocenters. The summed E-state index contributed by atoms with van der Waals surface area (Å²) in [6.07, 6.45) is 7.58. The van der Waals surface area contributed by atoms with Crippen molar-refractivity contribution in [3.8, 4) is 0 Å². The Labute approximate surface area is 160 Å². The molecular weight excluding hydrogens is 326 g/mol. The Bertz CT molecular complexity index is 523. The fourth-order valence-corrected chi connectivity index (χ4v) is 3.44. The summed E-state index contributed by atoms with van der Waals surface area (Å²) in [4.78, 5) is 6.76. The second-order valence-electron chi connectivity index (χ2n) is 6.68. The van der Waals surface area contributed by atoms with E-state index in [4.69, 9.17) is 9.47 Å². The van der Waals surface area contributed by atoms with Gasteiger partial charge in [-0.1, -0.05) is 19.2 Å². The molecule has 5 heteroatoms. The summed E-state index contributed by atoms with van der Waals surface area (Å²) in [6, 6.07) is 0.239.